The fourth-order valence-corrected chi connectivity index (χ4v) is 3.81. The fraction of sp³-hybridized carbons (Fsp3) is 0.0526. The number of amides is 1. The van der Waals surface area contributed by atoms with E-state index in [9.17, 15) is 9.18 Å². The molecule has 0 atom stereocenters. The van der Waals surface area contributed by atoms with Gasteiger partial charge in [0.2, 0.25) is 0 Å². The number of carbonyl (C=O) groups is 1. The normalized spacial score (nSPS) is 11.0. The minimum atomic E-state index is -0.578. The van der Waals surface area contributed by atoms with Crippen LogP contribution in [0.1, 0.15) is 16.1 Å². The van der Waals surface area contributed by atoms with E-state index in [-0.39, 0.29) is 12.1 Å². The van der Waals surface area contributed by atoms with Gasteiger partial charge in [-0.1, -0.05) is 35.1 Å². The van der Waals surface area contributed by atoms with Crippen LogP contribution in [0.4, 0.5) is 9.52 Å². The lowest BCUT2D eigenvalue weighted by molar-refractivity contribution is 0.0979. The van der Waals surface area contributed by atoms with Crippen molar-refractivity contribution >= 4 is 44.2 Å². The van der Waals surface area contributed by atoms with Gasteiger partial charge < -0.3 is 4.42 Å². The maximum atomic E-state index is 14.1. The van der Waals surface area contributed by atoms with Gasteiger partial charge in [0.1, 0.15) is 11.6 Å². The van der Waals surface area contributed by atoms with Gasteiger partial charge in [0.15, 0.2) is 5.13 Å². The average Bonchev–Trinajstić information content (AvgIpc) is 3.28. The second kappa shape index (κ2) is 6.90. The summed E-state index contributed by atoms with van der Waals surface area (Å²) in [6, 6.07) is 14.7. The first-order valence-electron chi connectivity index (χ1n) is 7.77. The first-order chi connectivity index (χ1) is 12.6. The van der Waals surface area contributed by atoms with Crippen LogP contribution < -0.4 is 4.90 Å². The van der Waals surface area contributed by atoms with Crippen molar-refractivity contribution in [3.05, 3.63) is 83.0 Å². The van der Waals surface area contributed by atoms with Gasteiger partial charge >= 0.3 is 0 Å². The van der Waals surface area contributed by atoms with E-state index in [4.69, 9.17) is 16.0 Å². The molecule has 0 spiro atoms. The van der Waals surface area contributed by atoms with E-state index in [1.165, 1.54) is 34.6 Å². The topological polar surface area (TPSA) is 46.3 Å². The Labute approximate surface area is 157 Å². The van der Waals surface area contributed by atoms with Crippen molar-refractivity contribution in [2.24, 2.45) is 0 Å². The molecule has 0 unspecified atom stereocenters. The van der Waals surface area contributed by atoms with Crippen LogP contribution in [0, 0.1) is 5.82 Å². The number of halogens is 2. The lowest BCUT2D eigenvalue weighted by Crippen LogP contribution is -2.30. The summed E-state index contributed by atoms with van der Waals surface area (Å²) in [7, 11) is 0. The van der Waals surface area contributed by atoms with Crippen LogP contribution in [-0.4, -0.2) is 10.9 Å². The zero-order valence-electron chi connectivity index (χ0n) is 13.4. The number of fused-ring (bicyclic) bond motifs is 1. The lowest BCUT2D eigenvalue weighted by atomic mass is 10.2. The first-order valence-corrected chi connectivity index (χ1v) is 8.96. The van der Waals surface area contributed by atoms with Crippen LogP contribution in [-0.2, 0) is 6.54 Å². The molecular weight excluding hydrogens is 375 g/mol. The molecule has 2 heterocycles. The standard InChI is InChI=1S/C19H12ClFN2O2S/c20-12-7-8-16-17(10-12)26-19(22-16)23(11-13-4-3-9-25-13)18(24)14-5-1-2-6-15(14)21/h1-10H,11H2. The van der Waals surface area contributed by atoms with Gasteiger partial charge in [-0.15, -0.1) is 0 Å². The van der Waals surface area contributed by atoms with E-state index >= 15 is 0 Å². The molecule has 7 heteroatoms. The number of aromatic nitrogens is 1. The van der Waals surface area contributed by atoms with Crippen LogP contribution in [0.15, 0.2) is 65.3 Å². The zero-order valence-corrected chi connectivity index (χ0v) is 14.9. The van der Waals surface area contributed by atoms with Gasteiger partial charge in [0.05, 0.1) is 28.6 Å². The number of carbonyl (C=O) groups excluding carboxylic acids is 1. The number of hydrogen-bond acceptors (Lipinski definition) is 4. The Balaban J connectivity index is 1.79. The highest BCUT2D eigenvalue weighted by Gasteiger charge is 2.24. The summed E-state index contributed by atoms with van der Waals surface area (Å²) in [6.07, 6.45) is 1.53. The van der Waals surface area contributed by atoms with Crippen molar-refractivity contribution in [1.29, 1.82) is 0 Å². The molecule has 0 saturated heterocycles. The van der Waals surface area contributed by atoms with Crippen LogP contribution in [0.25, 0.3) is 10.2 Å². The summed E-state index contributed by atoms with van der Waals surface area (Å²) in [4.78, 5) is 18.9. The summed E-state index contributed by atoms with van der Waals surface area (Å²) in [5.41, 5.74) is 0.705. The molecule has 0 aliphatic heterocycles. The molecule has 26 heavy (non-hydrogen) atoms. The molecule has 0 bridgehead atoms. The smallest absolute Gasteiger partial charge is 0.263 e. The number of furan rings is 1. The minimum Gasteiger partial charge on any atom is -0.467 e. The third-order valence-corrected chi connectivity index (χ3v) is 5.09. The molecular formula is C19H12ClFN2O2S. The van der Waals surface area contributed by atoms with Gasteiger partial charge in [-0.25, -0.2) is 9.37 Å². The van der Waals surface area contributed by atoms with Gasteiger partial charge in [-0.3, -0.25) is 9.69 Å². The van der Waals surface area contributed by atoms with Crippen LogP contribution in [0.3, 0.4) is 0 Å². The number of benzene rings is 2. The quantitative estimate of drug-likeness (QED) is 0.463. The largest absolute Gasteiger partial charge is 0.467 e. The maximum Gasteiger partial charge on any atom is 0.263 e. The second-order valence-corrected chi connectivity index (χ2v) is 7.00. The molecule has 1 amide bonds. The van der Waals surface area contributed by atoms with Crippen LogP contribution in [0.5, 0.6) is 0 Å². The van der Waals surface area contributed by atoms with Crippen molar-refractivity contribution in [3.63, 3.8) is 0 Å². The number of hydrogen-bond donors (Lipinski definition) is 0. The van der Waals surface area contributed by atoms with E-state index in [1.807, 2.05) is 0 Å². The molecule has 2 aromatic heterocycles. The summed E-state index contributed by atoms with van der Waals surface area (Å²) in [6.45, 7) is 0.147. The third-order valence-electron chi connectivity index (χ3n) is 3.81. The summed E-state index contributed by atoms with van der Waals surface area (Å²) >= 11 is 7.35. The highest BCUT2D eigenvalue weighted by Crippen LogP contribution is 2.32. The SMILES string of the molecule is O=C(c1ccccc1F)N(Cc1ccco1)c1nc2ccc(Cl)cc2s1. The Morgan fingerprint density at radius 3 is 2.81 bits per heavy atom. The lowest BCUT2D eigenvalue weighted by Gasteiger charge is -2.19. The molecule has 0 radical (unpaired) electrons. The summed E-state index contributed by atoms with van der Waals surface area (Å²) in [5.74, 6) is -0.484. The number of rotatable bonds is 4. The van der Waals surface area contributed by atoms with Crippen LogP contribution in [0.2, 0.25) is 5.02 Å². The molecule has 0 fully saturated rings. The Kier molecular flexibility index (Phi) is 4.44. The second-order valence-electron chi connectivity index (χ2n) is 5.56. The first kappa shape index (κ1) is 16.8. The Hall–Kier alpha value is -2.70. The third kappa shape index (κ3) is 3.21. The highest BCUT2D eigenvalue weighted by molar-refractivity contribution is 7.22. The van der Waals surface area contributed by atoms with E-state index in [0.29, 0.717) is 15.9 Å². The van der Waals surface area contributed by atoms with E-state index in [0.717, 1.165) is 10.2 Å². The predicted molar refractivity (Wildman–Crippen MR) is 100 cm³/mol. The van der Waals surface area contributed by atoms with Crippen molar-refractivity contribution in [3.8, 4) is 0 Å². The highest BCUT2D eigenvalue weighted by atomic mass is 35.5. The molecule has 4 aromatic rings. The maximum absolute atomic E-state index is 14.1. The molecule has 2 aromatic carbocycles. The van der Waals surface area contributed by atoms with E-state index < -0.39 is 11.7 Å². The molecule has 4 nitrogen and oxygen atoms in total. The van der Waals surface area contributed by atoms with E-state index in [1.54, 1.807) is 42.5 Å². The van der Waals surface area contributed by atoms with Gasteiger partial charge in [0.25, 0.3) is 5.91 Å². The zero-order chi connectivity index (χ0) is 18.1. The molecule has 0 aliphatic carbocycles. The van der Waals surface area contributed by atoms with E-state index in [2.05, 4.69) is 4.98 Å². The monoisotopic (exact) mass is 386 g/mol. The Morgan fingerprint density at radius 2 is 2.04 bits per heavy atom. The molecule has 4 rings (SSSR count). The van der Waals surface area contributed by atoms with Crippen molar-refractivity contribution in [2.45, 2.75) is 6.54 Å². The molecule has 0 aliphatic rings. The van der Waals surface area contributed by atoms with Crippen molar-refractivity contribution in [2.75, 3.05) is 4.90 Å². The summed E-state index contributed by atoms with van der Waals surface area (Å²) < 4.78 is 20.4. The molecule has 0 saturated carbocycles. The minimum absolute atomic E-state index is 0.0173. The van der Waals surface area contributed by atoms with Crippen LogP contribution >= 0.6 is 22.9 Å². The average molecular weight is 387 g/mol. The Bertz CT molecular complexity index is 1080. The van der Waals surface area contributed by atoms with Gasteiger partial charge in [-0.05, 0) is 42.5 Å². The number of anilines is 1. The molecule has 130 valence electrons. The number of nitrogens with zero attached hydrogens (tertiary/aromatic N) is 2. The van der Waals surface area contributed by atoms with Crippen molar-refractivity contribution < 1.29 is 13.6 Å². The summed E-state index contributed by atoms with van der Waals surface area (Å²) in [5, 5.41) is 1.04. The van der Waals surface area contributed by atoms with Gasteiger partial charge in [-0.2, -0.15) is 0 Å². The predicted octanol–water partition coefficient (Wildman–Crippen LogP) is 5.53. The van der Waals surface area contributed by atoms with Gasteiger partial charge in [0, 0.05) is 5.02 Å². The number of thiazole rings is 1. The fourth-order valence-electron chi connectivity index (χ4n) is 2.57. The molecule has 0 N–H and O–H groups in total. The van der Waals surface area contributed by atoms with Crippen molar-refractivity contribution in [1.82, 2.24) is 4.98 Å². The Morgan fingerprint density at radius 1 is 1.19 bits per heavy atom.